The molecule has 0 unspecified atom stereocenters. The Morgan fingerprint density at radius 3 is 2.67 bits per heavy atom. The first kappa shape index (κ1) is 14.0. The zero-order chi connectivity index (χ0) is 15.0. The Morgan fingerprint density at radius 1 is 1.33 bits per heavy atom. The number of nitro benzene ring substituents is 1. The lowest BCUT2D eigenvalue weighted by Gasteiger charge is -2.34. The van der Waals surface area contributed by atoms with Crippen LogP contribution in [0.3, 0.4) is 0 Å². The highest BCUT2D eigenvalue weighted by Crippen LogP contribution is 2.28. The molecular formula is C15H20N4O2. The van der Waals surface area contributed by atoms with E-state index < -0.39 is 0 Å². The minimum Gasteiger partial charge on any atom is -0.301 e. The lowest BCUT2D eigenvalue weighted by atomic mass is 10.0. The van der Waals surface area contributed by atoms with Crippen LogP contribution in [-0.2, 0) is 0 Å². The second-order valence-corrected chi connectivity index (χ2v) is 5.95. The summed E-state index contributed by atoms with van der Waals surface area (Å²) in [4.78, 5) is 12.9. The van der Waals surface area contributed by atoms with Crippen LogP contribution in [0.4, 0.5) is 5.69 Å². The van der Waals surface area contributed by atoms with E-state index in [1.807, 2.05) is 10.7 Å². The Bertz CT molecular complexity index is 657. The lowest BCUT2D eigenvalue weighted by Crippen LogP contribution is -2.39. The van der Waals surface area contributed by atoms with Gasteiger partial charge in [0.15, 0.2) is 0 Å². The first-order valence-electron chi connectivity index (χ1n) is 7.42. The van der Waals surface area contributed by atoms with E-state index in [9.17, 15) is 10.1 Å². The molecule has 1 saturated heterocycles. The highest BCUT2D eigenvalue weighted by atomic mass is 16.6. The quantitative estimate of drug-likeness (QED) is 0.643. The van der Waals surface area contributed by atoms with Gasteiger partial charge in [-0.15, -0.1) is 0 Å². The molecule has 1 aromatic heterocycles. The van der Waals surface area contributed by atoms with Gasteiger partial charge in [0.1, 0.15) is 0 Å². The summed E-state index contributed by atoms with van der Waals surface area (Å²) in [5.41, 5.74) is 1.11. The van der Waals surface area contributed by atoms with Gasteiger partial charge in [0, 0.05) is 36.7 Å². The monoisotopic (exact) mass is 288 g/mol. The highest BCUT2D eigenvalue weighted by Gasteiger charge is 2.23. The van der Waals surface area contributed by atoms with Crippen molar-refractivity contribution >= 4 is 16.6 Å². The van der Waals surface area contributed by atoms with E-state index in [4.69, 9.17) is 0 Å². The van der Waals surface area contributed by atoms with Crippen LogP contribution in [0.25, 0.3) is 10.9 Å². The Morgan fingerprint density at radius 2 is 2.05 bits per heavy atom. The summed E-state index contributed by atoms with van der Waals surface area (Å²) in [5.74, 6) is 0. The number of piperidine rings is 1. The maximum absolute atomic E-state index is 10.8. The van der Waals surface area contributed by atoms with Crippen LogP contribution in [0.5, 0.6) is 0 Å². The molecule has 1 aliphatic rings. The molecule has 0 aliphatic carbocycles. The summed E-state index contributed by atoms with van der Waals surface area (Å²) in [6, 6.07) is 5.95. The van der Waals surface area contributed by atoms with E-state index in [0.717, 1.165) is 36.8 Å². The number of hydrogen-bond donors (Lipinski definition) is 0. The summed E-state index contributed by atoms with van der Waals surface area (Å²) in [5, 5.41) is 16.1. The average molecular weight is 288 g/mol. The molecule has 1 aliphatic heterocycles. The zero-order valence-electron chi connectivity index (χ0n) is 12.4. The van der Waals surface area contributed by atoms with Crippen LogP contribution in [0.2, 0.25) is 0 Å². The normalized spacial score (nSPS) is 17.7. The molecule has 6 nitrogen and oxygen atoms in total. The molecule has 1 fully saturated rings. The zero-order valence-corrected chi connectivity index (χ0v) is 12.4. The van der Waals surface area contributed by atoms with Crippen LogP contribution in [-0.4, -0.2) is 38.7 Å². The molecular weight excluding hydrogens is 268 g/mol. The summed E-state index contributed by atoms with van der Waals surface area (Å²) < 4.78 is 2.04. The van der Waals surface area contributed by atoms with Crippen molar-refractivity contribution in [2.24, 2.45) is 0 Å². The molecule has 3 rings (SSSR count). The molecule has 0 saturated carbocycles. The molecule has 112 valence electrons. The number of fused-ring (bicyclic) bond motifs is 1. The maximum Gasteiger partial charge on any atom is 0.270 e. The van der Waals surface area contributed by atoms with Crippen molar-refractivity contribution in [1.29, 1.82) is 0 Å². The predicted molar refractivity (Wildman–Crippen MR) is 81.4 cm³/mol. The van der Waals surface area contributed by atoms with Crippen LogP contribution >= 0.6 is 0 Å². The van der Waals surface area contributed by atoms with Gasteiger partial charge in [0.2, 0.25) is 0 Å². The first-order chi connectivity index (χ1) is 10.1. The van der Waals surface area contributed by atoms with Gasteiger partial charge in [-0.3, -0.25) is 14.8 Å². The number of hydrogen-bond acceptors (Lipinski definition) is 4. The van der Waals surface area contributed by atoms with Gasteiger partial charge in [-0.05, 0) is 32.8 Å². The molecule has 0 N–H and O–H groups in total. The number of likely N-dealkylation sites (tertiary alicyclic amines) is 1. The molecule has 1 aromatic carbocycles. The molecule has 2 aromatic rings. The third kappa shape index (κ3) is 2.63. The number of nitrogens with zero attached hydrogens (tertiary/aromatic N) is 4. The smallest absolute Gasteiger partial charge is 0.270 e. The maximum atomic E-state index is 10.8. The Balaban J connectivity index is 1.84. The van der Waals surface area contributed by atoms with E-state index >= 15 is 0 Å². The van der Waals surface area contributed by atoms with Crippen molar-refractivity contribution in [2.45, 2.75) is 38.8 Å². The van der Waals surface area contributed by atoms with Crippen molar-refractivity contribution in [3.05, 3.63) is 34.5 Å². The average Bonchev–Trinajstić information content (AvgIpc) is 2.90. The lowest BCUT2D eigenvalue weighted by molar-refractivity contribution is -0.384. The minimum atomic E-state index is -0.363. The van der Waals surface area contributed by atoms with Gasteiger partial charge in [-0.25, -0.2) is 0 Å². The third-order valence-electron chi connectivity index (χ3n) is 4.37. The fourth-order valence-electron chi connectivity index (χ4n) is 3.09. The highest BCUT2D eigenvalue weighted by molar-refractivity contribution is 5.81. The summed E-state index contributed by atoms with van der Waals surface area (Å²) in [7, 11) is 0. The Hall–Kier alpha value is -1.95. The van der Waals surface area contributed by atoms with Gasteiger partial charge in [-0.1, -0.05) is 0 Å². The predicted octanol–water partition coefficient (Wildman–Crippen LogP) is 2.99. The minimum absolute atomic E-state index is 0.122. The van der Waals surface area contributed by atoms with E-state index in [2.05, 4.69) is 23.8 Å². The van der Waals surface area contributed by atoms with Crippen molar-refractivity contribution in [3.63, 3.8) is 0 Å². The van der Waals surface area contributed by atoms with E-state index in [0.29, 0.717) is 12.1 Å². The second-order valence-electron chi connectivity index (χ2n) is 5.95. The Kier molecular flexibility index (Phi) is 3.63. The van der Waals surface area contributed by atoms with Gasteiger partial charge < -0.3 is 4.90 Å². The van der Waals surface area contributed by atoms with Crippen LogP contribution in [0.15, 0.2) is 24.4 Å². The topological polar surface area (TPSA) is 64.2 Å². The van der Waals surface area contributed by atoms with Gasteiger partial charge in [0.25, 0.3) is 5.69 Å². The first-order valence-corrected chi connectivity index (χ1v) is 7.42. The van der Waals surface area contributed by atoms with Crippen molar-refractivity contribution in [2.75, 3.05) is 13.1 Å². The number of rotatable bonds is 3. The SMILES string of the molecule is CC(C)N1CCC(n2ncc3cc([N+](=O)[O-])ccc32)CC1. The van der Waals surface area contributed by atoms with Gasteiger partial charge in [-0.2, -0.15) is 5.10 Å². The largest absolute Gasteiger partial charge is 0.301 e. The number of non-ortho nitro benzene ring substituents is 1. The molecule has 6 heteroatoms. The fraction of sp³-hybridized carbons (Fsp3) is 0.533. The van der Waals surface area contributed by atoms with E-state index in [-0.39, 0.29) is 10.6 Å². The number of benzene rings is 1. The second kappa shape index (κ2) is 5.44. The van der Waals surface area contributed by atoms with Gasteiger partial charge >= 0.3 is 0 Å². The molecule has 0 bridgehead atoms. The standard InChI is InChI=1S/C15H20N4O2/c1-11(2)17-7-5-13(6-8-17)18-15-4-3-14(19(20)21)9-12(15)10-16-18/h3-4,9-11,13H,5-8H2,1-2H3. The van der Waals surface area contributed by atoms with Crippen LogP contribution in [0, 0.1) is 10.1 Å². The van der Waals surface area contributed by atoms with Crippen LogP contribution in [0.1, 0.15) is 32.7 Å². The molecule has 0 amide bonds. The van der Waals surface area contributed by atoms with Crippen molar-refractivity contribution < 1.29 is 4.92 Å². The molecule has 0 spiro atoms. The van der Waals surface area contributed by atoms with Crippen molar-refractivity contribution in [3.8, 4) is 0 Å². The molecule has 0 radical (unpaired) electrons. The third-order valence-corrected chi connectivity index (χ3v) is 4.37. The fourth-order valence-corrected chi connectivity index (χ4v) is 3.09. The Labute approximate surface area is 123 Å². The van der Waals surface area contributed by atoms with E-state index in [1.165, 1.54) is 0 Å². The summed E-state index contributed by atoms with van der Waals surface area (Å²) >= 11 is 0. The van der Waals surface area contributed by atoms with Crippen molar-refractivity contribution in [1.82, 2.24) is 14.7 Å². The molecule has 21 heavy (non-hydrogen) atoms. The summed E-state index contributed by atoms with van der Waals surface area (Å²) in [6.07, 6.45) is 3.88. The molecule has 2 heterocycles. The number of aromatic nitrogens is 2. The molecule has 0 atom stereocenters. The van der Waals surface area contributed by atoms with Crippen LogP contribution < -0.4 is 0 Å². The number of nitro groups is 1. The summed E-state index contributed by atoms with van der Waals surface area (Å²) in [6.45, 7) is 6.61. The van der Waals surface area contributed by atoms with E-state index in [1.54, 1.807) is 18.3 Å². The van der Waals surface area contributed by atoms with Gasteiger partial charge in [0.05, 0.1) is 22.7 Å².